The third-order valence-corrected chi connectivity index (χ3v) is 5.43. The SMILES string of the molecule is Cc1noc(C)c1/C=C1/SCCN1C(=O)C1CCCCC1. The number of thioether (sulfide) groups is 1. The average Bonchev–Trinajstić information content (AvgIpc) is 3.09. The maximum absolute atomic E-state index is 12.7. The summed E-state index contributed by atoms with van der Waals surface area (Å²) in [4.78, 5) is 14.7. The molecule has 1 saturated carbocycles. The van der Waals surface area contributed by atoms with Crippen molar-refractivity contribution in [3.05, 3.63) is 22.0 Å². The molecule has 0 aromatic carbocycles. The van der Waals surface area contributed by atoms with Crippen LogP contribution < -0.4 is 0 Å². The predicted molar refractivity (Wildman–Crippen MR) is 84.7 cm³/mol. The van der Waals surface area contributed by atoms with Crippen LogP contribution in [-0.2, 0) is 4.79 Å². The van der Waals surface area contributed by atoms with Crippen LogP contribution >= 0.6 is 11.8 Å². The first-order valence-corrected chi connectivity index (χ1v) is 8.74. The Hall–Kier alpha value is -1.23. The molecule has 5 heteroatoms. The van der Waals surface area contributed by atoms with Crippen molar-refractivity contribution in [1.82, 2.24) is 10.1 Å². The van der Waals surface area contributed by atoms with E-state index >= 15 is 0 Å². The monoisotopic (exact) mass is 306 g/mol. The molecule has 2 aliphatic rings. The largest absolute Gasteiger partial charge is 0.361 e. The Labute approximate surface area is 129 Å². The van der Waals surface area contributed by atoms with Gasteiger partial charge >= 0.3 is 0 Å². The molecule has 1 saturated heterocycles. The molecule has 1 aliphatic carbocycles. The summed E-state index contributed by atoms with van der Waals surface area (Å²) in [5, 5.41) is 5.04. The highest BCUT2D eigenvalue weighted by Gasteiger charge is 2.31. The van der Waals surface area contributed by atoms with E-state index in [1.165, 1.54) is 19.3 Å². The lowest BCUT2D eigenvalue weighted by atomic mass is 9.88. The number of carbonyl (C=O) groups is 1. The van der Waals surface area contributed by atoms with Crippen LogP contribution in [0.15, 0.2) is 9.55 Å². The van der Waals surface area contributed by atoms with Crippen molar-refractivity contribution in [1.29, 1.82) is 0 Å². The van der Waals surface area contributed by atoms with Crippen molar-refractivity contribution < 1.29 is 9.32 Å². The van der Waals surface area contributed by atoms with Gasteiger partial charge in [0.15, 0.2) is 0 Å². The van der Waals surface area contributed by atoms with Gasteiger partial charge < -0.3 is 9.42 Å². The molecule has 2 heterocycles. The van der Waals surface area contributed by atoms with E-state index in [0.29, 0.717) is 5.91 Å². The molecule has 0 bridgehead atoms. The van der Waals surface area contributed by atoms with E-state index in [4.69, 9.17) is 4.52 Å². The minimum atomic E-state index is 0.227. The molecule has 2 fully saturated rings. The van der Waals surface area contributed by atoms with Gasteiger partial charge in [-0.2, -0.15) is 0 Å². The third kappa shape index (κ3) is 3.03. The maximum Gasteiger partial charge on any atom is 0.230 e. The zero-order valence-electron chi connectivity index (χ0n) is 12.7. The number of hydrogen-bond donors (Lipinski definition) is 0. The van der Waals surface area contributed by atoms with E-state index in [0.717, 1.165) is 47.2 Å². The lowest BCUT2D eigenvalue weighted by Gasteiger charge is -2.26. The van der Waals surface area contributed by atoms with Crippen molar-refractivity contribution in [2.24, 2.45) is 5.92 Å². The first-order valence-electron chi connectivity index (χ1n) is 7.75. The molecular formula is C16H22N2O2S. The van der Waals surface area contributed by atoms with Crippen molar-refractivity contribution in [3.63, 3.8) is 0 Å². The quantitative estimate of drug-likeness (QED) is 0.835. The fourth-order valence-corrected chi connectivity index (χ4v) is 4.18. The molecular weight excluding hydrogens is 284 g/mol. The average molecular weight is 306 g/mol. The summed E-state index contributed by atoms with van der Waals surface area (Å²) >= 11 is 1.76. The first-order chi connectivity index (χ1) is 10.2. The van der Waals surface area contributed by atoms with Gasteiger partial charge in [0, 0.05) is 23.8 Å². The third-order valence-electron chi connectivity index (χ3n) is 4.41. The van der Waals surface area contributed by atoms with Gasteiger partial charge in [-0.25, -0.2) is 0 Å². The van der Waals surface area contributed by atoms with Crippen LogP contribution in [0.4, 0.5) is 0 Å². The highest BCUT2D eigenvalue weighted by atomic mass is 32.2. The Morgan fingerprint density at radius 2 is 2.10 bits per heavy atom. The van der Waals surface area contributed by atoms with Crippen molar-refractivity contribution in [2.45, 2.75) is 46.0 Å². The standard InChI is InChI=1S/C16H22N2O2S/c1-11-14(12(2)20-17-11)10-15-18(8-9-21-15)16(19)13-6-4-3-5-7-13/h10,13H,3-9H2,1-2H3/b15-10+. The fraction of sp³-hybridized carbons (Fsp3) is 0.625. The van der Waals surface area contributed by atoms with E-state index in [1.807, 2.05) is 18.7 Å². The summed E-state index contributed by atoms with van der Waals surface area (Å²) < 4.78 is 5.21. The van der Waals surface area contributed by atoms with E-state index in [1.54, 1.807) is 11.8 Å². The summed E-state index contributed by atoms with van der Waals surface area (Å²) in [6.45, 7) is 4.68. The molecule has 0 unspecified atom stereocenters. The molecule has 0 spiro atoms. The van der Waals surface area contributed by atoms with Crippen LogP contribution in [0, 0.1) is 19.8 Å². The fourth-order valence-electron chi connectivity index (χ4n) is 3.16. The van der Waals surface area contributed by atoms with Crippen molar-refractivity contribution >= 4 is 23.7 Å². The number of nitrogens with zero attached hydrogens (tertiary/aromatic N) is 2. The topological polar surface area (TPSA) is 46.3 Å². The second-order valence-corrected chi connectivity index (χ2v) is 7.01. The van der Waals surface area contributed by atoms with Crippen LogP contribution in [0.1, 0.15) is 49.1 Å². The summed E-state index contributed by atoms with van der Waals surface area (Å²) in [5.74, 6) is 2.34. The van der Waals surface area contributed by atoms with Crippen LogP contribution in [0.3, 0.4) is 0 Å². The molecule has 114 valence electrons. The predicted octanol–water partition coefficient (Wildman–Crippen LogP) is 3.75. The second kappa shape index (κ2) is 6.26. The molecule has 21 heavy (non-hydrogen) atoms. The van der Waals surface area contributed by atoms with Crippen molar-refractivity contribution in [3.8, 4) is 0 Å². The van der Waals surface area contributed by atoms with Gasteiger partial charge in [0.2, 0.25) is 5.91 Å². The molecule has 1 aliphatic heterocycles. The summed E-state index contributed by atoms with van der Waals surface area (Å²) in [6.07, 6.45) is 7.84. The zero-order valence-corrected chi connectivity index (χ0v) is 13.5. The van der Waals surface area contributed by atoms with E-state index in [9.17, 15) is 4.79 Å². The summed E-state index contributed by atoms with van der Waals surface area (Å²) in [6, 6.07) is 0. The Kier molecular flexibility index (Phi) is 4.38. The van der Waals surface area contributed by atoms with Gasteiger partial charge in [0.25, 0.3) is 0 Å². The van der Waals surface area contributed by atoms with Gasteiger partial charge in [-0.1, -0.05) is 24.4 Å². The number of amides is 1. The highest BCUT2D eigenvalue weighted by Crippen LogP contribution is 2.35. The first kappa shape index (κ1) is 14.7. The Morgan fingerprint density at radius 1 is 1.33 bits per heavy atom. The van der Waals surface area contributed by atoms with Crippen LogP contribution in [0.25, 0.3) is 6.08 Å². The van der Waals surface area contributed by atoms with Gasteiger partial charge in [0.1, 0.15) is 5.76 Å². The molecule has 1 aromatic rings. The van der Waals surface area contributed by atoms with E-state index in [2.05, 4.69) is 11.2 Å². The minimum absolute atomic E-state index is 0.227. The van der Waals surface area contributed by atoms with Gasteiger partial charge in [-0.15, -0.1) is 11.8 Å². The number of carbonyl (C=O) groups excluding carboxylic acids is 1. The van der Waals surface area contributed by atoms with Gasteiger partial charge in [-0.05, 0) is 32.8 Å². The molecule has 1 amide bonds. The van der Waals surface area contributed by atoms with E-state index < -0.39 is 0 Å². The normalized spacial score (nSPS) is 22.2. The lowest BCUT2D eigenvalue weighted by Crippen LogP contribution is -2.34. The summed E-state index contributed by atoms with van der Waals surface area (Å²) in [7, 11) is 0. The molecule has 0 atom stereocenters. The Bertz CT molecular complexity index is 539. The van der Waals surface area contributed by atoms with E-state index in [-0.39, 0.29) is 5.92 Å². The number of rotatable bonds is 2. The van der Waals surface area contributed by atoms with Gasteiger partial charge in [-0.3, -0.25) is 4.79 Å². The Balaban J connectivity index is 1.80. The number of aromatic nitrogens is 1. The van der Waals surface area contributed by atoms with Crippen molar-refractivity contribution in [2.75, 3.05) is 12.3 Å². The molecule has 0 radical (unpaired) electrons. The minimum Gasteiger partial charge on any atom is -0.361 e. The molecule has 4 nitrogen and oxygen atoms in total. The number of aryl methyl sites for hydroxylation is 2. The highest BCUT2D eigenvalue weighted by molar-refractivity contribution is 8.03. The molecule has 0 N–H and O–H groups in total. The maximum atomic E-state index is 12.7. The smallest absolute Gasteiger partial charge is 0.230 e. The lowest BCUT2D eigenvalue weighted by molar-refractivity contribution is -0.133. The zero-order chi connectivity index (χ0) is 14.8. The molecule has 3 rings (SSSR count). The summed E-state index contributed by atoms with van der Waals surface area (Å²) in [5.41, 5.74) is 1.90. The molecule has 1 aromatic heterocycles. The van der Waals surface area contributed by atoms with Crippen LogP contribution in [0.5, 0.6) is 0 Å². The van der Waals surface area contributed by atoms with Gasteiger partial charge in [0.05, 0.1) is 10.7 Å². The number of hydrogen-bond acceptors (Lipinski definition) is 4. The second-order valence-electron chi connectivity index (χ2n) is 5.89. The van der Waals surface area contributed by atoms with Crippen LogP contribution in [-0.4, -0.2) is 28.3 Å². The Morgan fingerprint density at radius 3 is 2.76 bits per heavy atom. The van der Waals surface area contributed by atoms with Crippen LogP contribution in [0.2, 0.25) is 0 Å².